The molecule has 19 heavy (non-hydrogen) atoms. The van der Waals surface area contributed by atoms with Crippen molar-refractivity contribution >= 4 is 28.1 Å². The second-order valence-electron chi connectivity index (χ2n) is 4.71. The Morgan fingerprint density at radius 1 is 1.47 bits per heavy atom. The number of aryl methyl sites for hydroxylation is 2. The third-order valence-electron chi connectivity index (χ3n) is 3.30. The number of benzene rings is 1. The van der Waals surface area contributed by atoms with E-state index in [0.717, 1.165) is 30.2 Å². The maximum absolute atomic E-state index is 10.9. The highest BCUT2D eigenvalue weighted by Gasteiger charge is 2.21. The maximum atomic E-state index is 10.9. The fraction of sp³-hybridized carbons (Fsp3) is 0.286. The zero-order valence-corrected chi connectivity index (χ0v) is 11.4. The van der Waals surface area contributed by atoms with Crippen LogP contribution in [0.3, 0.4) is 0 Å². The minimum atomic E-state index is -0.969. The van der Waals surface area contributed by atoms with Crippen molar-refractivity contribution in [2.24, 2.45) is 0 Å². The van der Waals surface area contributed by atoms with Gasteiger partial charge in [-0.25, -0.2) is 9.78 Å². The first kappa shape index (κ1) is 12.2. The quantitative estimate of drug-likeness (QED) is 0.913. The summed E-state index contributed by atoms with van der Waals surface area (Å²) < 4.78 is 0. The SMILES string of the molecule is Cc1ccc2c(c1)CCCN2c1nc(C(=O)O)cs1. The summed E-state index contributed by atoms with van der Waals surface area (Å²) in [7, 11) is 0. The summed E-state index contributed by atoms with van der Waals surface area (Å²) in [6.07, 6.45) is 2.14. The molecule has 0 unspecified atom stereocenters. The van der Waals surface area contributed by atoms with Gasteiger partial charge in [-0.2, -0.15) is 0 Å². The first-order valence-electron chi connectivity index (χ1n) is 6.21. The van der Waals surface area contributed by atoms with Crippen LogP contribution < -0.4 is 4.90 Å². The van der Waals surface area contributed by atoms with Crippen molar-refractivity contribution in [3.63, 3.8) is 0 Å². The molecule has 1 aliphatic rings. The molecule has 0 amide bonds. The first-order chi connectivity index (χ1) is 9.15. The van der Waals surface area contributed by atoms with E-state index >= 15 is 0 Å². The van der Waals surface area contributed by atoms with Crippen molar-refractivity contribution in [2.45, 2.75) is 19.8 Å². The molecule has 3 rings (SSSR count). The number of thiazole rings is 1. The van der Waals surface area contributed by atoms with Gasteiger partial charge in [0.15, 0.2) is 10.8 Å². The molecular weight excluding hydrogens is 260 g/mol. The van der Waals surface area contributed by atoms with Gasteiger partial charge in [0.1, 0.15) is 0 Å². The summed E-state index contributed by atoms with van der Waals surface area (Å²) in [6.45, 7) is 2.98. The lowest BCUT2D eigenvalue weighted by molar-refractivity contribution is 0.0691. The fourth-order valence-electron chi connectivity index (χ4n) is 2.41. The molecular formula is C14H14N2O2S. The van der Waals surface area contributed by atoms with Crippen LogP contribution in [0.2, 0.25) is 0 Å². The Bertz CT molecular complexity index is 636. The highest BCUT2D eigenvalue weighted by Crippen LogP contribution is 2.35. The molecule has 0 spiro atoms. The van der Waals surface area contributed by atoms with Crippen molar-refractivity contribution in [1.82, 2.24) is 4.98 Å². The van der Waals surface area contributed by atoms with E-state index in [2.05, 4.69) is 35.0 Å². The lowest BCUT2D eigenvalue weighted by Crippen LogP contribution is -2.24. The van der Waals surface area contributed by atoms with Gasteiger partial charge < -0.3 is 10.0 Å². The molecule has 1 aliphatic heterocycles. The minimum absolute atomic E-state index is 0.124. The Hall–Kier alpha value is -1.88. The van der Waals surface area contributed by atoms with Crippen LogP contribution in [0.25, 0.3) is 0 Å². The molecule has 1 N–H and O–H groups in total. The number of anilines is 2. The third kappa shape index (κ3) is 2.21. The molecule has 0 bridgehead atoms. The standard InChI is InChI=1S/C14H14N2O2S/c1-9-4-5-12-10(7-9)3-2-6-16(12)14-15-11(8-19-14)13(17)18/h4-5,7-8H,2-3,6H2,1H3,(H,17,18). The molecule has 4 nitrogen and oxygen atoms in total. The molecule has 2 heterocycles. The summed E-state index contributed by atoms with van der Waals surface area (Å²) in [5.74, 6) is -0.969. The van der Waals surface area contributed by atoms with Crippen molar-refractivity contribution in [3.05, 3.63) is 40.4 Å². The van der Waals surface area contributed by atoms with Gasteiger partial charge in [0.05, 0.1) is 0 Å². The van der Waals surface area contributed by atoms with Crippen LogP contribution in [0, 0.1) is 6.92 Å². The summed E-state index contributed by atoms with van der Waals surface area (Å²) in [6, 6.07) is 6.39. The smallest absolute Gasteiger partial charge is 0.355 e. The monoisotopic (exact) mass is 274 g/mol. The number of carbonyl (C=O) groups is 1. The Labute approximate surface area is 115 Å². The van der Waals surface area contributed by atoms with Crippen molar-refractivity contribution in [3.8, 4) is 0 Å². The van der Waals surface area contributed by atoms with Gasteiger partial charge >= 0.3 is 5.97 Å². The van der Waals surface area contributed by atoms with E-state index < -0.39 is 5.97 Å². The van der Waals surface area contributed by atoms with Gasteiger partial charge in [-0.1, -0.05) is 17.7 Å². The molecule has 0 fully saturated rings. The maximum Gasteiger partial charge on any atom is 0.355 e. The van der Waals surface area contributed by atoms with Gasteiger partial charge in [0.2, 0.25) is 0 Å². The minimum Gasteiger partial charge on any atom is -0.476 e. The first-order valence-corrected chi connectivity index (χ1v) is 7.09. The molecule has 1 aromatic carbocycles. The lowest BCUT2D eigenvalue weighted by atomic mass is 10.00. The molecule has 0 saturated heterocycles. The summed E-state index contributed by atoms with van der Waals surface area (Å²) >= 11 is 1.39. The Balaban J connectivity index is 2.00. The highest BCUT2D eigenvalue weighted by molar-refractivity contribution is 7.14. The topological polar surface area (TPSA) is 53.4 Å². The van der Waals surface area contributed by atoms with Gasteiger partial charge in [-0.3, -0.25) is 0 Å². The molecule has 0 atom stereocenters. The largest absolute Gasteiger partial charge is 0.476 e. The van der Waals surface area contributed by atoms with Crippen LogP contribution in [0.15, 0.2) is 23.6 Å². The van der Waals surface area contributed by atoms with Gasteiger partial charge in [0, 0.05) is 17.6 Å². The van der Waals surface area contributed by atoms with Crippen LogP contribution in [0.4, 0.5) is 10.8 Å². The van der Waals surface area contributed by atoms with Crippen molar-refractivity contribution < 1.29 is 9.90 Å². The van der Waals surface area contributed by atoms with Crippen LogP contribution in [-0.2, 0) is 6.42 Å². The summed E-state index contributed by atoms with van der Waals surface area (Å²) in [5.41, 5.74) is 3.85. The van der Waals surface area contributed by atoms with Crippen LogP contribution >= 0.6 is 11.3 Å². The number of fused-ring (bicyclic) bond motifs is 1. The van der Waals surface area contributed by atoms with E-state index in [1.807, 2.05) is 0 Å². The number of carboxylic acid groups (broad SMARTS) is 1. The molecule has 2 aromatic rings. The molecule has 5 heteroatoms. The molecule has 1 aromatic heterocycles. The summed E-state index contributed by atoms with van der Waals surface area (Å²) in [5, 5.41) is 11.3. The van der Waals surface area contributed by atoms with Crippen LogP contribution in [0.1, 0.15) is 28.0 Å². The average Bonchev–Trinajstić information content (AvgIpc) is 2.87. The van der Waals surface area contributed by atoms with Gasteiger partial charge in [-0.05, 0) is 31.4 Å². The van der Waals surface area contributed by atoms with Crippen LogP contribution in [0.5, 0.6) is 0 Å². The predicted octanol–water partition coefficient (Wildman–Crippen LogP) is 3.23. The van der Waals surface area contributed by atoms with Crippen LogP contribution in [-0.4, -0.2) is 22.6 Å². The van der Waals surface area contributed by atoms with Crippen molar-refractivity contribution in [1.29, 1.82) is 0 Å². The number of rotatable bonds is 2. The number of hydrogen-bond acceptors (Lipinski definition) is 4. The second-order valence-corrected chi connectivity index (χ2v) is 5.54. The average molecular weight is 274 g/mol. The third-order valence-corrected chi connectivity index (χ3v) is 4.16. The zero-order valence-electron chi connectivity index (χ0n) is 10.6. The Morgan fingerprint density at radius 3 is 3.05 bits per heavy atom. The fourth-order valence-corrected chi connectivity index (χ4v) is 3.25. The normalized spacial score (nSPS) is 14.3. The number of aromatic nitrogens is 1. The predicted molar refractivity (Wildman–Crippen MR) is 75.6 cm³/mol. The highest BCUT2D eigenvalue weighted by atomic mass is 32.1. The van der Waals surface area contributed by atoms with E-state index in [-0.39, 0.29) is 5.69 Å². The number of hydrogen-bond donors (Lipinski definition) is 1. The molecule has 98 valence electrons. The van der Waals surface area contributed by atoms with E-state index in [9.17, 15) is 4.79 Å². The van der Waals surface area contributed by atoms with Gasteiger partial charge in [-0.15, -0.1) is 11.3 Å². The van der Waals surface area contributed by atoms with E-state index in [0.29, 0.717) is 0 Å². The number of aromatic carboxylic acids is 1. The number of carboxylic acids is 1. The zero-order chi connectivity index (χ0) is 13.4. The second kappa shape index (κ2) is 4.66. The van der Waals surface area contributed by atoms with E-state index in [1.165, 1.54) is 22.5 Å². The molecule has 0 radical (unpaired) electrons. The molecule has 0 aliphatic carbocycles. The number of nitrogens with zero attached hydrogens (tertiary/aromatic N) is 2. The molecule has 0 saturated carbocycles. The Kier molecular flexibility index (Phi) is 2.98. The lowest BCUT2D eigenvalue weighted by Gasteiger charge is -2.29. The summed E-state index contributed by atoms with van der Waals surface area (Å²) in [4.78, 5) is 17.2. The van der Waals surface area contributed by atoms with E-state index in [1.54, 1.807) is 5.38 Å². The Morgan fingerprint density at radius 2 is 2.32 bits per heavy atom. The van der Waals surface area contributed by atoms with E-state index in [4.69, 9.17) is 5.11 Å². The van der Waals surface area contributed by atoms with Gasteiger partial charge in [0.25, 0.3) is 0 Å². The van der Waals surface area contributed by atoms with Crippen molar-refractivity contribution in [2.75, 3.05) is 11.4 Å².